The Morgan fingerprint density at radius 1 is 1.43 bits per heavy atom. The number of carbonyl (C=O) groups excluding carboxylic acids is 2. The zero-order valence-corrected chi connectivity index (χ0v) is 12.7. The predicted molar refractivity (Wildman–Crippen MR) is 76.7 cm³/mol. The number of aromatic nitrogens is 2. The molecule has 2 heterocycles. The van der Waals surface area contributed by atoms with Crippen molar-refractivity contribution in [3.8, 4) is 0 Å². The molecule has 0 spiro atoms. The van der Waals surface area contributed by atoms with Crippen LogP contribution in [0.3, 0.4) is 0 Å². The van der Waals surface area contributed by atoms with Crippen molar-refractivity contribution in [2.24, 2.45) is 5.73 Å². The van der Waals surface area contributed by atoms with Gasteiger partial charge in [0.15, 0.2) is 5.78 Å². The fourth-order valence-electron chi connectivity index (χ4n) is 2.48. The number of ketones is 1. The third-order valence-electron chi connectivity index (χ3n) is 3.43. The van der Waals surface area contributed by atoms with Gasteiger partial charge in [0.25, 0.3) is 0 Å². The molecule has 1 fully saturated rings. The van der Waals surface area contributed by atoms with Crippen LogP contribution in [0.25, 0.3) is 0 Å². The molecule has 1 aliphatic heterocycles. The fraction of sp³-hybridized carbons (Fsp3) is 0.643. The maximum absolute atomic E-state index is 12.3. The molecule has 1 aromatic rings. The number of nitrogens with two attached hydrogens (primary N) is 1. The third kappa shape index (κ3) is 3.60. The molecule has 1 saturated heterocycles. The summed E-state index contributed by atoms with van der Waals surface area (Å²) in [6, 6.07) is -0.516. The van der Waals surface area contributed by atoms with Crippen LogP contribution in [0.4, 0.5) is 4.79 Å². The van der Waals surface area contributed by atoms with Gasteiger partial charge in [0, 0.05) is 18.9 Å². The number of nitrogens with zero attached hydrogens (tertiary/aromatic N) is 3. The van der Waals surface area contributed by atoms with Gasteiger partial charge >= 0.3 is 6.09 Å². The third-order valence-corrected chi connectivity index (χ3v) is 3.43. The van der Waals surface area contributed by atoms with Gasteiger partial charge in [0.2, 0.25) is 0 Å². The number of rotatable bonds is 3. The summed E-state index contributed by atoms with van der Waals surface area (Å²) in [6.07, 6.45) is 5.25. The number of Topliss-reactive ketones (excluding diaryl/α,β-unsaturated/α-hetero) is 1. The maximum atomic E-state index is 12.3. The summed E-state index contributed by atoms with van der Waals surface area (Å²) >= 11 is 0. The van der Waals surface area contributed by atoms with E-state index in [0.717, 1.165) is 0 Å². The van der Waals surface area contributed by atoms with Crippen molar-refractivity contribution < 1.29 is 14.3 Å². The molecule has 2 rings (SSSR count). The van der Waals surface area contributed by atoms with Gasteiger partial charge in [0.1, 0.15) is 5.60 Å². The number of ether oxygens (including phenoxy) is 1. The Balaban J connectivity index is 2.16. The van der Waals surface area contributed by atoms with E-state index in [9.17, 15) is 9.59 Å². The Bertz CT molecular complexity index is 507. The molecule has 0 saturated carbocycles. The largest absolute Gasteiger partial charge is 0.444 e. The summed E-state index contributed by atoms with van der Waals surface area (Å²) in [5, 5.41) is 0. The quantitative estimate of drug-likeness (QED) is 0.896. The van der Waals surface area contributed by atoms with Crippen LogP contribution in [0.15, 0.2) is 18.7 Å². The van der Waals surface area contributed by atoms with Gasteiger partial charge in [-0.3, -0.25) is 9.69 Å². The van der Waals surface area contributed by atoms with E-state index in [1.165, 1.54) is 4.90 Å². The van der Waals surface area contributed by atoms with Crippen LogP contribution in [0.2, 0.25) is 0 Å². The summed E-state index contributed by atoms with van der Waals surface area (Å²) in [4.78, 5) is 29.8. The minimum absolute atomic E-state index is 0.0144. The first-order valence-electron chi connectivity index (χ1n) is 7.01. The zero-order valence-electron chi connectivity index (χ0n) is 12.7. The molecule has 2 atom stereocenters. The summed E-state index contributed by atoms with van der Waals surface area (Å²) in [7, 11) is 0. The minimum Gasteiger partial charge on any atom is -0.444 e. The van der Waals surface area contributed by atoms with Crippen molar-refractivity contribution in [1.82, 2.24) is 14.5 Å². The van der Waals surface area contributed by atoms with Crippen LogP contribution in [-0.4, -0.2) is 51.1 Å². The van der Waals surface area contributed by atoms with E-state index in [-0.39, 0.29) is 18.4 Å². The monoisotopic (exact) mass is 294 g/mol. The molecular formula is C14H22N4O3. The molecule has 1 aromatic heterocycles. The Kier molecular flexibility index (Phi) is 4.32. The molecule has 116 valence electrons. The van der Waals surface area contributed by atoms with Crippen molar-refractivity contribution in [3.63, 3.8) is 0 Å². The Morgan fingerprint density at radius 3 is 2.67 bits per heavy atom. The molecule has 0 radical (unpaired) electrons. The average Bonchev–Trinajstić information content (AvgIpc) is 3.04. The SMILES string of the molecule is CC(C)(C)OC(=O)N1C[C@@H](n2ccnc2)CC1C(=O)CN. The number of likely N-dealkylation sites (tertiary alicyclic amines) is 1. The van der Waals surface area contributed by atoms with E-state index < -0.39 is 17.7 Å². The van der Waals surface area contributed by atoms with Crippen LogP contribution < -0.4 is 5.73 Å². The van der Waals surface area contributed by atoms with Gasteiger partial charge in [-0.1, -0.05) is 0 Å². The average molecular weight is 294 g/mol. The van der Waals surface area contributed by atoms with Crippen LogP contribution in [-0.2, 0) is 9.53 Å². The molecule has 1 unspecified atom stereocenters. The van der Waals surface area contributed by atoms with Crippen LogP contribution in [0.5, 0.6) is 0 Å². The molecule has 1 amide bonds. The highest BCUT2D eigenvalue weighted by Crippen LogP contribution is 2.29. The second-order valence-corrected chi connectivity index (χ2v) is 6.22. The Hall–Kier alpha value is -1.89. The highest BCUT2D eigenvalue weighted by atomic mass is 16.6. The van der Waals surface area contributed by atoms with Gasteiger partial charge in [-0.05, 0) is 27.2 Å². The maximum Gasteiger partial charge on any atom is 0.410 e. The molecule has 0 bridgehead atoms. The van der Waals surface area contributed by atoms with E-state index in [1.54, 1.807) is 33.3 Å². The molecule has 0 aromatic carbocycles. The molecule has 7 nitrogen and oxygen atoms in total. The predicted octanol–water partition coefficient (Wildman–Crippen LogP) is 0.961. The summed E-state index contributed by atoms with van der Waals surface area (Å²) < 4.78 is 7.29. The normalized spacial score (nSPS) is 22.4. The number of imidazole rings is 1. The van der Waals surface area contributed by atoms with Gasteiger partial charge in [0.05, 0.1) is 25.0 Å². The van der Waals surface area contributed by atoms with Crippen molar-refractivity contribution in [2.45, 2.75) is 44.9 Å². The van der Waals surface area contributed by atoms with E-state index in [2.05, 4.69) is 4.98 Å². The topological polar surface area (TPSA) is 90.5 Å². The van der Waals surface area contributed by atoms with Crippen molar-refractivity contribution in [3.05, 3.63) is 18.7 Å². The van der Waals surface area contributed by atoms with Crippen molar-refractivity contribution in [2.75, 3.05) is 13.1 Å². The first kappa shape index (κ1) is 15.5. The lowest BCUT2D eigenvalue weighted by molar-refractivity contribution is -0.122. The molecule has 1 aliphatic rings. The number of carbonyl (C=O) groups is 2. The summed E-state index contributed by atoms with van der Waals surface area (Å²) in [5.74, 6) is -0.150. The molecule has 21 heavy (non-hydrogen) atoms. The first-order chi connectivity index (χ1) is 9.81. The van der Waals surface area contributed by atoms with Gasteiger partial charge in [-0.15, -0.1) is 0 Å². The van der Waals surface area contributed by atoms with Crippen molar-refractivity contribution >= 4 is 11.9 Å². The number of hydrogen-bond acceptors (Lipinski definition) is 5. The molecule has 0 aliphatic carbocycles. The molecular weight excluding hydrogens is 272 g/mol. The van der Waals surface area contributed by atoms with Crippen LogP contribution in [0, 0.1) is 0 Å². The number of amides is 1. The van der Waals surface area contributed by atoms with E-state index in [0.29, 0.717) is 13.0 Å². The lowest BCUT2D eigenvalue weighted by Gasteiger charge is -2.27. The van der Waals surface area contributed by atoms with E-state index >= 15 is 0 Å². The Labute approximate surface area is 124 Å². The minimum atomic E-state index is -0.597. The van der Waals surface area contributed by atoms with Crippen LogP contribution in [0.1, 0.15) is 33.2 Å². The molecule has 7 heteroatoms. The lowest BCUT2D eigenvalue weighted by Crippen LogP contribution is -2.45. The highest BCUT2D eigenvalue weighted by molar-refractivity contribution is 5.89. The highest BCUT2D eigenvalue weighted by Gasteiger charge is 2.41. The van der Waals surface area contributed by atoms with Crippen LogP contribution >= 0.6 is 0 Å². The fourth-order valence-corrected chi connectivity index (χ4v) is 2.48. The summed E-state index contributed by atoms with van der Waals surface area (Å²) in [5.41, 5.74) is 4.86. The molecule has 2 N–H and O–H groups in total. The smallest absolute Gasteiger partial charge is 0.410 e. The Morgan fingerprint density at radius 2 is 2.14 bits per heavy atom. The van der Waals surface area contributed by atoms with Crippen molar-refractivity contribution in [1.29, 1.82) is 0 Å². The second kappa shape index (κ2) is 5.85. The van der Waals surface area contributed by atoms with E-state index in [1.807, 2.05) is 10.8 Å². The summed E-state index contributed by atoms with van der Waals surface area (Å²) in [6.45, 7) is 5.73. The zero-order chi connectivity index (χ0) is 15.6. The first-order valence-corrected chi connectivity index (χ1v) is 7.01. The van der Waals surface area contributed by atoms with Gasteiger partial charge in [-0.2, -0.15) is 0 Å². The number of hydrogen-bond donors (Lipinski definition) is 1. The van der Waals surface area contributed by atoms with Gasteiger partial charge in [-0.25, -0.2) is 9.78 Å². The van der Waals surface area contributed by atoms with E-state index in [4.69, 9.17) is 10.5 Å². The standard InChI is InChI=1S/C14H22N4O3/c1-14(2,3)21-13(20)18-8-10(17-5-4-16-9-17)6-11(18)12(19)7-15/h4-5,9-11H,6-8,15H2,1-3H3/t10-,11?/m0/s1. The van der Waals surface area contributed by atoms with Gasteiger partial charge < -0.3 is 15.0 Å². The second-order valence-electron chi connectivity index (χ2n) is 6.22. The lowest BCUT2D eigenvalue weighted by atomic mass is 10.1.